The predicted molar refractivity (Wildman–Crippen MR) is 70.3 cm³/mol. The molecule has 1 aliphatic heterocycles. The molecule has 0 aromatic heterocycles. The Balaban J connectivity index is 1.92. The zero-order valence-corrected chi connectivity index (χ0v) is 10.4. The highest BCUT2D eigenvalue weighted by Gasteiger charge is 2.45. The van der Waals surface area contributed by atoms with E-state index in [0.29, 0.717) is 13.0 Å². The Labute approximate surface area is 106 Å². The molecule has 0 saturated heterocycles. The number of fused-ring (bicyclic) bond motifs is 1. The first-order chi connectivity index (χ1) is 8.63. The van der Waals surface area contributed by atoms with E-state index in [9.17, 15) is 9.90 Å². The summed E-state index contributed by atoms with van der Waals surface area (Å²) in [4.78, 5) is 13.9. The van der Waals surface area contributed by atoms with Gasteiger partial charge < -0.3 is 15.7 Å². The van der Waals surface area contributed by atoms with Crippen LogP contribution in [0.4, 0.5) is 11.4 Å². The first kappa shape index (κ1) is 11.5. The summed E-state index contributed by atoms with van der Waals surface area (Å²) < 4.78 is 0. The van der Waals surface area contributed by atoms with Crippen LogP contribution >= 0.6 is 0 Å². The Morgan fingerprint density at radius 1 is 1.33 bits per heavy atom. The van der Waals surface area contributed by atoms with Crippen molar-refractivity contribution in [3.05, 3.63) is 23.8 Å². The number of hydrogen-bond donors (Lipinski definition) is 2. The lowest BCUT2D eigenvalue weighted by molar-refractivity contribution is -0.119. The van der Waals surface area contributed by atoms with Crippen LogP contribution in [-0.2, 0) is 11.2 Å². The molecule has 1 amide bonds. The van der Waals surface area contributed by atoms with E-state index in [4.69, 9.17) is 5.73 Å². The maximum Gasteiger partial charge on any atom is 0.227 e. The van der Waals surface area contributed by atoms with Gasteiger partial charge in [0.25, 0.3) is 0 Å². The van der Waals surface area contributed by atoms with Crippen molar-refractivity contribution in [3.8, 4) is 0 Å². The van der Waals surface area contributed by atoms with Crippen LogP contribution < -0.4 is 10.6 Å². The minimum atomic E-state index is -0.0499. The highest BCUT2D eigenvalue weighted by atomic mass is 16.3. The van der Waals surface area contributed by atoms with E-state index in [1.165, 1.54) is 0 Å². The Morgan fingerprint density at radius 2 is 2.11 bits per heavy atom. The van der Waals surface area contributed by atoms with Crippen LogP contribution in [0.5, 0.6) is 0 Å². The Hall–Kier alpha value is -1.55. The fourth-order valence-corrected chi connectivity index (χ4v) is 2.63. The number of nitrogens with zero attached hydrogens (tertiary/aromatic N) is 1. The average molecular weight is 246 g/mol. The van der Waals surface area contributed by atoms with Gasteiger partial charge in [0.15, 0.2) is 0 Å². The molecule has 0 atom stereocenters. The summed E-state index contributed by atoms with van der Waals surface area (Å²) in [5.74, 6) is 0.159. The van der Waals surface area contributed by atoms with Gasteiger partial charge in [-0.05, 0) is 43.0 Å². The monoisotopic (exact) mass is 246 g/mol. The predicted octanol–water partition coefficient (Wildman–Crippen LogP) is 1.32. The Bertz CT molecular complexity index is 495. The summed E-state index contributed by atoms with van der Waals surface area (Å²) in [5, 5.41) is 9.41. The second-order valence-corrected chi connectivity index (χ2v) is 5.53. The molecule has 1 saturated carbocycles. The molecule has 1 aliphatic carbocycles. The van der Waals surface area contributed by atoms with Crippen LogP contribution in [0.2, 0.25) is 0 Å². The fraction of sp³-hybridized carbons (Fsp3) is 0.500. The van der Waals surface area contributed by atoms with Crippen molar-refractivity contribution in [2.45, 2.75) is 25.7 Å². The van der Waals surface area contributed by atoms with Crippen molar-refractivity contribution < 1.29 is 9.90 Å². The first-order valence-corrected chi connectivity index (χ1v) is 6.43. The number of nitrogen functional groups attached to an aromatic ring is 1. The van der Waals surface area contributed by atoms with Gasteiger partial charge >= 0.3 is 0 Å². The second kappa shape index (κ2) is 3.99. The third kappa shape index (κ3) is 1.86. The summed E-state index contributed by atoms with van der Waals surface area (Å²) in [6.45, 7) is 0.806. The van der Waals surface area contributed by atoms with E-state index >= 15 is 0 Å². The minimum absolute atomic E-state index is 0.0499. The molecule has 4 heteroatoms. The number of benzene rings is 1. The lowest BCUT2D eigenvalue weighted by Gasteiger charge is -2.32. The molecule has 0 bridgehead atoms. The van der Waals surface area contributed by atoms with Gasteiger partial charge in [-0.15, -0.1) is 0 Å². The largest absolute Gasteiger partial charge is 0.399 e. The van der Waals surface area contributed by atoms with Crippen molar-refractivity contribution in [1.82, 2.24) is 0 Å². The van der Waals surface area contributed by atoms with Gasteiger partial charge in [-0.2, -0.15) is 0 Å². The molecular weight excluding hydrogens is 228 g/mol. The van der Waals surface area contributed by atoms with Crippen LogP contribution in [0.15, 0.2) is 18.2 Å². The van der Waals surface area contributed by atoms with Gasteiger partial charge in [0.1, 0.15) is 0 Å². The van der Waals surface area contributed by atoms with Gasteiger partial charge in [-0.25, -0.2) is 0 Å². The van der Waals surface area contributed by atoms with Gasteiger partial charge in [0, 0.05) is 29.8 Å². The molecule has 18 heavy (non-hydrogen) atoms. The van der Waals surface area contributed by atoms with Gasteiger partial charge in [-0.1, -0.05) is 0 Å². The molecule has 3 rings (SSSR count). The van der Waals surface area contributed by atoms with E-state index in [-0.39, 0.29) is 17.9 Å². The normalized spacial score (nSPS) is 20.7. The topological polar surface area (TPSA) is 66.6 Å². The van der Waals surface area contributed by atoms with Crippen LogP contribution in [-0.4, -0.2) is 24.2 Å². The zero-order chi connectivity index (χ0) is 12.8. The van der Waals surface area contributed by atoms with Crippen LogP contribution in [0.25, 0.3) is 0 Å². The molecule has 0 radical (unpaired) electrons. The van der Waals surface area contributed by atoms with Gasteiger partial charge in [-0.3, -0.25) is 4.79 Å². The molecule has 1 aromatic carbocycles. The van der Waals surface area contributed by atoms with Gasteiger partial charge in [0.2, 0.25) is 5.91 Å². The zero-order valence-electron chi connectivity index (χ0n) is 10.4. The molecule has 2 aliphatic rings. The molecule has 0 spiro atoms. The summed E-state index contributed by atoms with van der Waals surface area (Å²) >= 11 is 0. The average Bonchev–Trinajstić information content (AvgIpc) is 3.13. The SMILES string of the molecule is Nc1ccc2c(c1)CCC(=O)N2CC1(CO)CC1. The Morgan fingerprint density at radius 3 is 2.78 bits per heavy atom. The smallest absolute Gasteiger partial charge is 0.227 e. The molecule has 3 N–H and O–H groups in total. The van der Waals surface area contributed by atoms with Crippen LogP contribution in [0.3, 0.4) is 0 Å². The van der Waals surface area contributed by atoms with Crippen molar-refractivity contribution >= 4 is 17.3 Å². The van der Waals surface area contributed by atoms with E-state index < -0.39 is 0 Å². The molecule has 96 valence electrons. The third-order valence-corrected chi connectivity index (χ3v) is 4.09. The van der Waals surface area contributed by atoms with E-state index in [2.05, 4.69) is 0 Å². The number of carbonyl (C=O) groups is 1. The number of aliphatic hydroxyl groups excluding tert-OH is 1. The highest BCUT2D eigenvalue weighted by molar-refractivity contribution is 5.96. The maximum absolute atomic E-state index is 12.1. The standard InChI is InChI=1S/C14H18N2O2/c15-11-2-3-12-10(7-11)1-4-13(18)16(12)8-14(9-17)5-6-14/h2-3,7,17H,1,4-6,8-9,15H2. The van der Waals surface area contributed by atoms with Crippen molar-refractivity contribution in [3.63, 3.8) is 0 Å². The van der Waals surface area contributed by atoms with Crippen LogP contribution in [0.1, 0.15) is 24.8 Å². The summed E-state index contributed by atoms with van der Waals surface area (Å²) in [6, 6.07) is 5.71. The quantitative estimate of drug-likeness (QED) is 0.790. The lowest BCUT2D eigenvalue weighted by Crippen LogP contribution is -2.40. The number of hydrogen-bond acceptors (Lipinski definition) is 3. The summed E-state index contributed by atoms with van der Waals surface area (Å²) in [6.07, 6.45) is 3.33. The van der Waals surface area contributed by atoms with Crippen molar-refractivity contribution in [1.29, 1.82) is 0 Å². The number of carbonyl (C=O) groups excluding carboxylic acids is 1. The molecular formula is C14H18N2O2. The Kier molecular flexibility index (Phi) is 2.55. The maximum atomic E-state index is 12.1. The van der Waals surface area contributed by atoms with Crippen LogP contribution in [0, 0.1) is 5.41 Å². The number of nitrogens with two attached hydrogens (primary N) is 1. The number of anilines is 2. The van der Waals surface area contributed by atoms with Gasteiger partial charge in [0.05, 0.1) is 6.61 Å². The second-order valence-electron chi connectivity index (χ2n) is 5.53. The summed E-state index contributed by atoms with van der Waals surface area (Å²) in [7, 11) is 0. The number of rotatable bonds is 3. The fourth-order valence-electron chi connectivity index (χ4n) is 2.63. The molecule has 1 heterocycles. The van der Waals surface area contributed by atoms with Crippen molar-refractivity contribution in [2.75, 3.05) is 23.8 Å². The number of aliphatic hydroxyl groups is 1. The number of aryl methyl sites for hydroxylation is 1. The van der Waals surface area contributed by atoms with E-state index in [1.54, 1.807) is 0 Å². The lowest BCUT2D eigenvalue weighted by atomic mass is 9.98. The third-order valence-electron chi connectivity index (χ3n) is 4.09. The van der Waals surface area contributed by atoms with E-state index in [0.717, 1.165) is 36.2 Å². The number of amides is 1. The highest BCUT2D eigenvalue weighted by Crippen LogP contribution is 2.47. The first-order valence-electron chi connectivity index (χ1n) is 6.43. The molecule has 0 unspecified atom stereocenters. The molecule has 4 nitrogen and oxygen atoms in total. The molecule has 1 fully saturated rings. The molecule has 1 aromatic rings. The summed E-state index contributed by atoms with van der Waals surface area (Å²) in [5.41, 5.74) is 8.59. The minimum Gasteiger partial charge on any atom is -0.399 e. The van der Waals surface area contributed by atoms with Crippen molar-refractivity contribution in [2.24, 2.45) is 5.41 Å². The van der Waals surface area contributed by atoms with E-state index in [1.807, 2.05) is 23.1 Å².